The molecule has 1 saturated heterocycles. The molecule has 1 fully saturated rings. The van der Waals surface area contributed by atoms with Crippen LogP contribution in [-0.2, 0) is 15.7 Å². The van der Waals surface area contributed by atoms with Crippen molar-refractivity contribution in [3.63, 3.8) is 0 Å². The number of rotatable bonds is 3. The van der Waals surface area contributed by atoms with Gasteiger partial charge in [0, 0.05) is 0 Å². The number of benzene rings is 1. The first-order valence-corrected chi connectivity index (χ1v) is 7.53. The van der Waals surface area contributed by atoms with E-state index in [0.29, 0.717) is 12.1 Å². The van der Waals surface area contributed by atoms with Crippen molar-refractivity contribution < 1.29 is 45.8 Å². The van der Waals surface area contributed by atoms with Crippen molar-refractivity contribution >= 4 is 12.0 Å². The van der Waals surface area contributed by atoms with Crippen molar-refractivity contribution in [3.8, 4) is 0 Å². The molecule has 0 spiro atoms. The summed E-state index contributed by atoms with van der Waals surface area (Å²) >= 11 is 0. The smallest absolute Gasteiger partial charge is 0.437 e. The van der Waals surface area contributed by atoms with Gasteiger partial charge in [-0.2, -0.15) is 26.3 Å². The molecule has 150 valence electrons. The largest absolute Gasteiger partial charge is 0.466 e. The molecule has 1 aromatic rings. The molecule has 0 bridgehead atoms. The molecule has 6 nitrogen and oxygen atoms in total. The van der Waals surface area contributed by atoms with E-state index in [1.54, 1.807) is 0 Å². The number of esters is 1. The summed E-state index contributed by atoms with van der Waals surface area (Å²) in [6.07, 6.45) is -10.2. The zero-order valence-corrected chi connectivity index (χ0v) is 13.6. The molecule has 3 N–H and O–H groups in total. The molecule has 0 aliphatic carbocycles. The third kappa shape index (κ3) is 3.94. The molecule has 1 aliphatic rings. The minimum absolute atomic E-state index is 0.251. The lowest BCUT2D eigenvalue weighted by Crippen LogP contribution is -2.73. The third-order valence-corrected chi connectivity index (χ3v) is 3.94. The van der Waals surface area contributed by atoms with Gasteiger partial charge in [0.05, 0.1) is 18.2 Å². The summed E-state index contributed by atoms with van der Waals surface area (Å²) < 4.78 is 82.8. The Kier molecular flexibility index (Phi) is 5.32. The quantitative estimate of drug-likeness (QED) is 0.538. The van der Waals surface area contributed by atoms with E-state index in [4.69, 9.17) is 0 Å². The summed E-state index contributed by atoms with van der Waals surface area (Å²) in [6.45, 7) is 0.990. The minimum atomic E-state index is -5.47. The highest BCUT2D eigenvalue weighted by molar-refractivity contribution is 5.83. The molecule has 0 aromatic heterocycles. The number of hydrogen-bond donors (Lipinski definition) is 3. The van der Waals surface area contributed by atoms with E-state index < -0.39 is 47.6 Å². The summed E-state index contributed by atoms with van der Waals surface area (Å²) in [5, 5.41) is 13.3. The Hall–Kier alpha value is -2.50. The van der Waals surface area contributed by atoms with Crippen LogP contribution < -0.4 is 10.6 Å². The first kappa shape index (κ1) is 20.8. The number of alkyl halides is 6. The fraction of sp³-hybridized carbons (Fsp3) is 0.467. The molecule has 27 heavy (non-hydrogen) atoms. The fourth-order valence-corrected chi connectivity index (χ4v) is 2.69. The van der Waals surface area contributed by atoms with Crippen LogP contribution in [0.2, 0.25) is 0 Å². The van der Waals surface area contributed by atoms with E-state index in [1.165, 1.54) is 12.2 Å². The van der Waals surface area contributed by atoms with Gasteiger partial charge < -0.3 is 20.5 Å². The topological polar surface area (TPSA) is 87.7 Å². The maximum absolute atomic E-state index is 13.4. The van der Waals surface area contributed by atoms with Crippen LogP contribution in [0.3, 0.4) is 0 Å². The van der Waals surface area contributed by atoms with E-state index in [9.17, 15) is 41.0 Å². The SMILES string of the molecule is CCOC(=O)[C@@H]1[C@@H](c2ccc(C(F)(F)F)cc2)NC(=O)N[C@@]1(O)C(F)(F)F. The number of carbonyl (C=O) groups is 2. The highest BCUT2D eigenvalue weighted by Crippen LogP contribution is 2.43. The Morgan fingerprint density at radius 1 is 1.19 bits per heavy atom. The molecular formula is C15H14F6N2O4. The van der Waals surface area contributed by atoms with Crippen LogP contribution in [0.1, 0.15) is 24.1 Å². The molecule has 1 aromatic carbocycles. The van der Waals surface area contributed by atoms with Gasteiger partial charge in [0.2, 0.25) is 0 Å². The molecule has 1 heterocycles. The Bertz CT molecular complexity index is 719. The minimum Gasteiger partial charge on any atom is -0.466 e. The lowest BCUT2D eigenvalue weighted by atomic mass is 9.82. The number of amides is 2. The second-order valence-electron chi connectivity index (χ2n) is 5.69. The summed E-state index contributed by atoms with van der Waals surface area (Å²) in [6, 6.07) is -0.465. The third-order valence-electron chi connectivity index (χ3n) is 3.94. The van der Waals surface area contributed by atoms with E-state index >= 15 is 0 Å². The predicted octanol–water partition coefficient (Wildman–Crippen LogP) is 2.49. The van der Waals surface area contributed by atoms with Crippen LogP contribution in [0.25, 0.3) is 0 Å². The van der Waals surface area contributed by atoms with Gasteiger partial charge in [0.25, 0.3) is 5.72 Å². The van der Waals surface area contributed by atoms with Crippen LogP contribution in [0.15, 0.2) is 24.3 Å². The van der Waals surface area contributed by atoms with Gasteiger partial charge in [-0.1, -0.05) is 12.1 Å². The number of urea groups is 1. The molecule has 12 heteroatoms. The molecule has 0 saturated carbocycles. The van der Waals surface area contributed by atoms with Gasteiger partial charge >= 0.3 is 24.4 Å². The van der Waals surface area contributed by atoms with Crippen LogP contribution in [0.5, 0.6) is 0 Å². The summed E-state index contributed by atoms with van der Waals surface area (Å²) in [5.74, 6) is -3.89. The van der Waals surface area contributed by atoms with Gasteiger partial charge in [-0.05, 0) is 24.6 Å². The first-order valence-electron chi connectivity index (χ1n) is 7.53. The van der Waals surface area contributed by atoms with E-state index in [1.807, 2.05) is 5.32 Å². The predicted molar refractivity (Wildman–Crippen MR) is 77.0 cm³/mol. The zero-order chi connectivity index (χ0) is 20.6. The van der Waals surface area contributed by atoms with Gasteiger partial charge in [0.15, 0.2) is 0 Å². The van der Waals surface area contributed by atoms with Crippen LogP contribution in [0, 0.1) is 5.92 Å². The zero-order valence-electron chi connectivity index (χ0n) is 13.6. The lowest BCUT2D eigenvalue weighted by Gasteiger charge is -2.44. The number of halogens is 6. The molecule has 0 unspecified atom stereocenters. The van der Waals surface area contributed by atoms with Crippen molar-refractivity contribution in [2.75, 3.05) is 6.61 Å². The van der Waals surface area contributed by atoms with Crippen molar-refractivity contribution in [1.82, 2.24) is 10.6 Å². The van der Waals surface area contributed by atoms with E-state index in [-0.39, 0.29) is 12.2 Å². The Morgan fingerprint density at radius 3 is 2.19 bits per heavy atom. The summed E-state index contributed by atoms with van der Waals surface area (Å²) in [5.41, 5.74) is -5.31. The number of ether oxygens (including phenoxy) is 1. The lowest BCUT2D eigenvalue weighted by molar-refractivity contribution is -0.294. The van der Waals surface area contributed by atoms with Gasteiger partial charge in [-0.15, -0.1) is 0 Å². The highest BCUT2D eigenvalue weighted by Gasteiger charge is 2.67. The number of aliphatic hydroxyl groups is 1. The van der Waals surface area contributed by atoms with E-state index in [0.717, 1.165) is 12.1 Å². The van der Waals surface area contributed by atoms with Crippen molar-refractivity contribution in [3.05, 3.63) is 35.4 Å². The average molecular weight is 400 g/mol. The molecule has 2 amide bonds. The first-order chi connectivity index (χ1) is 12.3. The fourth-order valence-electron chi connectivity index (χ4n) is 2.69. The normalized spacial score (nSPS) is 26.1. The Balaban J connectivity index is 2.53. The second-order valence-corrected chi connectivity index (χ2v) is 5.69. The van der Waals surface area contributed by atoms with Crippen molar-refractivity contribution in [2.24, 2.45) is 5.92 Å². The van der Waals surface area contributed by atoms with Crippen molar-refractivity contribution in [1.29, 1.82) is 0 Å². The van der Waals surface area contributed by atoms with Gasteiger partial charge in [-0.25, -0.2) is 4.79 Å². The molecule has 0 radical (unpaired) electrons. The maximum Gasteiger partial charge on any atom is 0.437 e. The second kappa shape index (κ2) is 6.91. The number of nitrogens with one attached hydrogen (secondary N) is 2. The monoisotopic (exact) mass is 400 g/mol. The Morgan fingerprint density at radius 2 is 1.74 bits per heavy atom. The summed E-state index contributed by atoms with van der Waals surface area (Å²) in [4.78, 5) is 23.8. The van der Waals surface area contributed by atoms with Crippen molar-refractivity contribution in [2.45, 2.75) is 31.0 Å². The van der Waals surface area contributed by atoms with E-state index in [2.05, 4.69) is 4.74 Å². The average Bonchev–Trinajstić information content (AvgIpc) is 2.52. The summed E-state index contributed by atoms with van der Waals surface area (Å²) in [7, 11) is 0. The molecule has 1 aliphatic heterocycles. The van der Waals surface area contributed by atoms with Crippen LogP contribution in [0.4, 0.5) is 31.1 Å². The van der Waals surface area contributed by atoms with Crippen LogP contribution in [-0.4, -0.2) is 35.6 Å². The van der Waals surface area contributed by atoms with Gasteiger partial charge in [0.1, 0.15) is 5.92 Å². The molecular weight excluding hydrogens is 386 g/mol. The Labute approximate surface area is 148 Å². The number of carbonyl (C=O) groups excluding carboxylic acids is 2. The maximum atomic E-state index is 13.4. The van der Waals surface area contributed by atoms with Gasteiger partial charge in [-0.3, -0.25) is 4.79 Å². The standard InChI is InChI=1S/C15H14F6N2O4/c1-2-27-11(24)9-10(7-3-5-8(6-4-7)14(16,17)18)22-12(25)23-13(9,26)15(19,20)21/h3-6,9-10,26H,2H2,1H3,(H2,22,23,25)/t9-,10+,13-/m0/s1. The molecule has 2 rings (SSSR count). The number of hydrogen-bond acceptors (Lipinski definition) is 4. The van der Waals surface area contributed by atoms with Crippen LogP contribution >= 0.6 is 0 Å². The highest BCUT2D eigenvalue weighted by atomic mass is 19.4. The molecule has 3 atom stereocenters.